The molecule has 0 unspecified atom stereocenters. The van der Waals surface area contributed by atoms with Crippen molar-refractivity contribution in [1.82, 2.24) is 9.97 Å². The summed E-state index contributed by atoms with van der Waals surface area (Å²) in [5, 5.41) is 3.44. The molecule has 1 N–H and O–H groups in total. The fourth-order valence-corrected chi connectivity index (χ4v) is 3.76. The zero-order valence-electron chi connectivity index (χ0n) is 12.9. The highest BCUT2D eigenvalue weighted by Crippen LogP contribution is 2.46. The molecule has 2 aliphatic rings. The number of nitrogens with zero attached hydrogens (tertiary/aromatic N) is 2. The van der Waals surface area contributed by atoms with Crippen molar-refractivity contribution in [2.24, 2.45) is 0 Å². The molecule has 1 aromatic rings. The van der Waals surface area contributed by atoms with Gasteiger partial charge >= 0.3 is 0 Å². The molecule has 0 radical (unpaired) electrons. The van der Waals surface area contributed by atoms with Crippen LogP contribution in [0.5, 0.6) is 0 Å². The van der Waals surface area contributed by atoms with Crippen molar-refractivity contribution < 1.29 is 4.74 Å². The Morgan fingerprint density at radius 2 is 2.00 bits per heavy atom. The molecule has 0 amide bonds. The van der Waals surface area contributed by atoms with E-state index in [4.69, 9.17) is 14.7 Å². The number of anilines is 1. The van der Waals surface area contributed by atoms with Gasteiger partial charge in [0.15, 0.2) is 5.82 Å². The first-order chi connectivity index (χ1) is 10.2. The molecule has 2 fully saturated rings. The summed E-state index contributed by atoms with van der Waals surface area (Å²) >= 11 is 3.71. The molecule has 1 heterocycles. The van der Waals surface area contributed by atoms with Crippen LogP contribution in [0.3, 0.4) is 0 Å². The molecule has 2 aliphatic carbocycles. The van der Waals surface area contributed by atoms with E-state index >= 15 is 0 Å². The average molecular weight is 354 g/mol. The summed E-state index contributed by atoms with van der Waals surface area (Å²) in [5.74, 6) is 2.41. The zero-order valence-corrected chi connectivity index (χ0v) is 14.5. The van der Waals surface area contributed by atoms with E-state index in [0.29, 0.717) is 5.92 Å². The maximum absolute atomic E-state index is 5.87. The van der Waals surface area contributed by atoms with Crippen molar-refractivity contribution in [1.29, 1.82) is 0 Å². The van der Waals surface area contributed by atoms with Gasteiger partial charge in [-0.25, -0.2) is 9.97 Å². The Bertz CT molecular complexity index is 510. The van der Waals surface area contributed by atoms with Gasteiger partial charge in [-0.3, -0.25) is 0 Å². The first-order valence-electron chi connectivity index (χ1n) is 8.07. The van der Waals surface area contributed by atoms with E-state index in [1.54, 1.807) is 7.11 Å². The Labute approximate surface area is 135 Å². The van der Waals surface area contributed by atoms with Gasteiger partial charge in [0, 0.05) is 19.6 Å². The molecule has 0 saturated heterocycles. The van der Waals surface area contributed by atoms with Gasteiger partial charge in [0.1, 0.15) is 11.4 Å². The molecule has 21 heavy (non-hydrogen) atoms. The second-order valence-electron chi connectivity index (χ2n) is 6.20. The highest BCUT2D eigenvalue weighted by molar-refractivity contribution is 9.10. The second-order valence-corrected chi connectivity index (χ2v) is 6.99. The number of hydrogen-bond acceptors (Lipinski definition) is 4. The molecule has 116 valence electrons. The molecule has 0 aliphatic heterocycles. The van der Waals surface area contributed by atoms with Crippen LogP contribution >= 0.6 is 15.9 Å². The highest BCUT2D eigenvalue weighted by atomic mass is 79.9. The minimum atomic E-state index is -0.271. The van der Waals surface area contributed by atoms with E-state index in [0.717, 1.165) is 41.9 Å². The summed E-state index contributed by atoms with van der Waals surface area (Å²) in [5.41, 5.74) is 0.898. The van der Waals surface area contributed by atoms with Gasteiger partial charge in [0.2, 0.25) is 0 Å². The van der Waals surface area contributed by atoms with Crippen LogP contribution in [0.2, 0.25) is 0 Å². The quantitative estimate of drug-likeness (QED) is 0.825. The largest absolute Gasteiger partial charge is 0.370 e. The second kappa shape index (κ2) is 6.21. The lowest BCUT2D eigenvalue weighted by Gasteiger charge is -2.27. The standard InChI is InChI=1S/C16H24BrN3O/c1-3-10-18-14-12(17)13(11-6-7-11)19-15(20-14)16(21-2)8-4-5-9-16/h11H,3-10H2,1-2H3,(H,18,19,20). The van der Waals surface area contributed by atoms with E-state index in [1.165, 1.54) is 31.4 Å². The molecule has 3 rings (SSSR count). The van der Waals surface area contributed by atoms with Gasteiger partial charge in [-0.15, -0.1) is 0 Å². The Kier molecular flexibility index (Phi) is 4.50. The minimum Gasteiger partial charge on any atom is -0.370 e. The topological polar surface area (TPSA) is 47.0 Å². The fraction of sp³-hybridized carbons (Fsp3) is 0.750. The normalized spacial score (nSPS) is 20.7. The summed E-state index contributed by atoms with van der Waals surface area (Å²) in [6.07, 6.45) is 8.02. The monoisotopic (exact) mass is 353 g/mol. The molecule has 1 aromatic heterocycles. The Morgan fingerprint density at radius 1 is 1.29 bits per heavy atom. The lowest BCUT2D eigenvalue weighted by molar-refractivity contribution is -0.0163. The summed E-state index contributed by atoms with van der Waals surface area (Å²) in [7, 11) is 1.80. The number of rotatable bonds is 6. The number of halogens is 1. The molecule has 0 aromatic carbocycles. The highest BCUT2D eigenvalue weighted by Gasteiger charge is 2.40. The van der Waals surface area contributed by atoms with Crippen molar-refractivity contribution >= 4 is 21.7 Å². The molecule has 5 heteroatoms. The molecule has 4 nitrogen and oxygen atoms in total. The summed E-state index contributed by atoms with van der Waals surface area (Å²) in [4.78, 5) is 9.72. The predicted octanol–water partition coefficient (Wildman–Crippen LogP) is 4.35. The summed E-state index contributed by atoms with van der Waals surface area (Å²) in [6, 6.07) is 0. The van der Waals surface area contributed by atoms with E-state index in [-0.39, 0.29) is 5.60 Å². The van der Waals surface area contributed by atoms with Gasteiger partial charge in [-0.05, 0) is 60.9 Å². The lowest BCUT2D eigenvalue weighted by Crippen LogP contribution is -2.28. The Balaban J connectivity index is 2.01. The van der Waals surface area contributed by atoms with Gasteiger partial charge in [0.05, 0.1) is 10.2 Å². The first-order valence-corrected chi connectivity index (χ1v) is 8.86. The average Bonchev–Trinajstić information content (AvgIpc) is 3.23. The number of methoxy groups -OCH3 is 1. The third kappa shape index (κ3) is 2.95. The van der Waals surface area contributed by atoms with Gasteiger partial charge in [-0.2, -0.15) is 0 Å². The Hall–Kier alpha value is -0.680. The first kappa shape index (κ1) is 15.2. The molecular formula is C16H24BrN3O. The van der Waals surface area contributed by atoms with E-state index in [9.17, 15) is 0 Å². The fourth-order valence-electron chi connectivity index (χ4n) is 3.12. The van der Waals surface area contributed by atoms with Crippen LogP contribution in [0.15, 0.2) is 4.47 Å². The van der Waals surface area contributed by atoms with Crippen LogP contribution in [-0.2, 0) is 10.3 Å². The number of nitrogens with one attached hydrogen (secondary N) is 1. The van der Waals surface area contributed by atoms with Crippen molar-refractivity contribution in [3.8, 4) is 0 Å². The summed E-state index contributed by atoms with van der Waals surface area (Å²) in [6.45, 7) is 3.09. The van der Waals surface area contributed by atoms with Crippen LogP contribution in [0.1, 0.15) is 69.3 Å². The van der Waals surface area contributed by atoms with Gasteiger partial charge in [0.25, 0.3) is 0 Å². The maximum Gasteiger partial charge on any atom is 0.162 e. The molecule has 2 saturated carbocycles. The van der Waals surface area contributed by atoms with E-state index in [1.807, 2.05) is 0 Å². The minimum absolute atomic E-state index is 0.271. The zero-order chi connectivity index (χ0) is 14.9. The Morgan fingerprint density at radius 3 is 2.57 bits per heavy atom. The van der Waals surface area contributed by atoms with E-state index < -0.39 is 0 Å². The number of hydrogen-bond donors (Lipinski definition) is 1. The number of ether oxygens (including phenoxy) is 1. The van der Waals surface area contributed by atoms with Crippen molar-refractivity contribution in [3.63, 3.8) is 0 Å². The van der Waals surface area contributed by atoms with E-state index in [2.05, 4.69) is 28.2 Å². The van der Waals surface area contributed by atoms with Crippen LogP contribution < -0.4 is 5.32 Å². The lowest BCUT2D eigenvalue weighted by atomic mass is 10.0. The smallest absolute Gasteiger partial charge is 0.162 e. The molecule has 0 atom stereocenters. The predicted molar refractivity (Wildman–Crippen MR) is 87.6 cm³/mol. The summed E-state index contributed by atoms with van der Waals surface area (Å²) < 4.78 is 6.92. The van der Waals surface area contributed by atoms with Gasteiger partial charge < -0.3 is 10.1 Å². The molecular weight excluding hydrogens is 330 g/mol. The molecule has 0 spiro atoms. The van der Waals surface area contributed by atoms with Crippen molar-refractivity contribution in [2.75, 3.05) is 19.0 Å². The van der Waals surface area contributed by atoms with Crippen LogP contribution in [0.25, 0.3) is 0 Å². The van der Waals surface area contributed by atoms with Crippen LogP contribution in [0, 0.1) is 0 Å². The van der Waals surface area contributed by atoms with Gasteiger partial charge in [-0.1, -0.05) is 6.92 Å². The maximum atomic E-state index is 5.87. The number of aromatic nitrogens is 2. The van der Waals surface area contributed by atoms with Crippen LogP contribution in [0.4, 0.5) is 5.82 Å². The van der Waals surface area contributed by atoms with Crippen LogP contribution in [-0.4, -0.2) is 23.6 Å². The van der Waals surface area contributed by atoms with Crippen molar-refractivity contribution in [3.05, 3.63) is 16.0 Å². The third-order valence-corrected chi connectivity index (χ3v) is 5.37. The molecule has 0 bridgehead atoms. The third-order valence-electron chi connectivity index (χ3n) is 4.59. The van der Waals surface area contributed by atoms with Crippen molar-refractivity contribution in [2.45, 2.75) is 63.4 Å². The SMILES string of the molecule is CCCNc1nc(C2(OC)CCCC2)nc(C2CC2)c1Br.